The van der Waals surface area contributed by atoms with E-state index in [0.717, 1.165) is 12.2 Å². The highest BCUT2D eigenvalue weighted by atomic mass is 19.1. The van der Waals surface area contributed by atoms with Gasteiger partial charge in [-0.3, -0.25) is 4.68 Å². The Balaban J connectivity index is 2.81. The fraction of sp³-hybridized carbons (Fsp3) is 0.273. The lowest BCUT2D eigenvalue weighted by molar-refractivity contribution is 0.182. The molecule has 0 saturated carbocycles. The molecule has 1 atom stereocenters. The molecule has 1 N–H and O–H groups in total. The van der Waals surface area contributed by atoms with E-state index in [9.17, 15) is 13.9 Å². The van der Waals surface area contributed by atoms with Crippen LogP contribution in [0.15, 0.2) is 48.6 Å². The molecule has 0 bridgehead atoms. The Bertz CT molecular complexity index is 434. The maximum absolute atomic E-state index is 13.1. The fourth-order valence-corrected chi connectivity index (χ4v) is 1.19. The number of nitrogens with zero attached hydrogens (tertiary/aromatic N) is 3. The van der Waals surface area contributed by atoms with E-state index in [1.54, 1.807) is 0 Å². The van der Waals surface area contributed by atoms with Gasteiger partial charge in [-0.1, -0.05) is 12.7 Å². The molecule has 1 rings (SSSR count). The standard InChI is InChI=1S/C11H13F2N3O/c1-8(12)3-4-10(9(2)13)11(17)5-16-7-14-6-15-16/h3-4,6-7,11,17H,2,5H2,1H3/b8-3+,10-4+. The van der Waals surface area contributed by atoms with Crippen LogP contribution < -0.4 is 0 Å². The molecule has 17 heavy (non-hydrogen) atoms. The number of aromatic nitrogens is 3. The summed E-state index contributed by atoms with van der Waals surface area (Å²) in [6.07, 6.45) is 3.73. The van der Waals surface area contributed by atoms with Crippen molar-refractivity contribution in [2.24, 2.45) is 0 Å². The van der Waals surface area contributed by atoms with Crippen molar-refractivity contribution in [2.75, 3.05) is 0 Å². The minimum absolute atomic E-state index is 0.0218. The Labute approximate surface area is 97.6 Å². The first-order valence-corrected chi connectivity index (χ1v) is 4.90. The van der Waals surface area contributed by atoms with Crippen LogP contribution in [-0.4, -0.2) is 26.0 Å². The van der Waals surface area contributed by atoms with Gasteiger partial charge in [0, 0.05) is 5.57 Å². The van der Waals surface area contributed by atoms with Gasteiger partial charge < -0.3 is 5.11 Å². The normalized spacial score (nSPS) is 14.8. The van der Waals surface area contributed by atoms with Crippen molar-refractivity contribution in [1.82, 2.24) is 14.8 Å². The highest BCUT2D eigenvalue weighted by molar-refractivity contribution is 5.30. The van der Waals surface area contributed by atoms with Gasteiger partial charge in [-0.15, -0.1) is 0 Å². The van der Waals surface area contributed by atoms with Crippen molar-refractivity contribution in [3.8, 4) is 0 Å². The molecule has 0 amide bonds. The summed E-state index contributed by atoms with van der Waals surface area (Å²) >= 11 is 0. The third-order valence-corrected chi connectivity index (χ3v) is 1.99. The summed E-state index contributed by atoms with van der Waals surface area (Å²) in [5.74, 6) is -1.30. The third-order valence-electron chi connectivity index (χ3n) is 1.99. The van der Waals surface area contributed by atoms with Crippen LogP contribution in [0.2, 0.25) is 0 Å². The largest absolute Gasteiger partial charge is 0.386 e. The maximum atomic E-state index is 13.1. The van der Waals surface area contributed by atoms with E-state index >= 15 is 0 Å². The number of aliphatic hydroxyl groups excluding tert-OH is 1. The Morgan fingerprint density at radius 3 is 2.71 bits per heavy atom. The van der Waals surface area contributed by atoms with Crippen LogP contribution in [0.5, 0.6) is 0 Å². The maximum Gasteiger partial charge on any atom is 0.137 e. The molecule has 1 unspecified atom stereocenters. The zero-order valence-electron chi connectivity index (χ0n) is 9.35. The van der Waals surface area contributed by atoms with Crippen LogP contribution in [0.25, 0.3) is 0 Å². The minimum Gasteiger partial charge on any atom is -0.386 e. The highest BCUT2D eigenvalue weighted by Gasteiger charge is 2.14. The van der Waals surface area contributed by atoms with Crippen LogP contribution in [0.1, 0.15) is 6.92 Å². The van der Waals surface area contributed by atoms with Crippen molar-refractivity contribution in [1.29, 1.82) is 0 Å². The van der Waals surface area contributed by atoms with Gasteiger partial charge in [0.2, 0.25) is 0 Å². The predicted molar refractivity (Wildman–Crippen MR) is 59.2 cm³/mol. The zero-order valence-corrected chi connectivity index (χ0v) is 9.35. The Hall–Kier alpha value is -1.82. The molecule has 0 fully saturated rings. The number of rotatable bonds is 5. The second-order valence-corrected chi connectivity index (χ2v) is 3.41. The monoisotopic (exact) mass is 241 g/mol. The summed E-state index contributed by atoms with van der Waals surface area (Å²) in [4.78, 5) is 3.69. The first-order chi connectivity index (χ1) is 8.00. The topological polar surface area (TPSA) is 50.9 Å². The van der Waals surface area contributed by atoms with Gasteiger partial charge in [-0.2, -0.15) is 5.10 Å². The molecule has 0 aliphatic heterocycles. The Kier molecular flexibility index (Phi) is 4.71. The molecule has 0 spiro atoms. The lowest BCUT2D eigenvalue weighted by Gasteiger charge is -2.12. The average Bonchev–Trinajstić information content (AvgIpc) is 2.69. The third kappa shape index (κ3) is 4.28. The molecule has 4 nitrogen and oxygen atoms in total. The average molecular weight is 241 g/mol. The van der Waals surface area contributed by atoms with E-state index in [0.29, 0.717) is 0 Å². The van der Waals surface area contributed by atoms with Crippen molar-refractivity contribution in [3.05, 3.63) is 48.6 Å². The van der Waals surface area contributed by atoms with E-state index in [1.807, 2.05) is 0 Å². The second kappa shape index (κ2) is 6.05. The number of aliphatic hydroxyl groups is 1. The molecule has 1 aromatic heterocycles. The van der Waals surface area contributed by atoms with Gasteiger partial charge in [0.05, 0.1) is 12.4 Å². The summed E-state index contributed by atoms with van der Waals surface area (Å²) < 4.78 is 26.9. The van der Waals surface area contributed by atoms with E-state index in [4.69, 9.17) is 0 Å². The van der Waals surface area contributed by atoms with Gasteiger partial charge in [-0.05, 0) is 13.0 Å². The first kappa shape index (κ1) is 13.2. The molecule has 6 heteroatoms. The van der Waals surface area contributed by atoms with Gasteiger partial charge >= 0.3 is 0 Å². The zero-order chi connectivity index (χ0) is 12.8. The molecular weight excluding hydrogens is 228 g/mol. The van der Waals surface area contributed by atoms with E-state index < -0.39 is 17.8 Å². The summed E-state index contributed by atoms with van der Waals surface area (Å²) in [6, 6.07) is 0. The highest BCUT2D eigenvalue weighted by Crippen LogP contribution is 2.16. The molecule has 0 aliphatic rings. The molecule has 1 aromatic rings. The number of allylic oxidation sites excluding steroid dienone is 3. The number of halogens is 2. The Morgan fingerprint density at radius 2 is 2.24 bits per heavy atom. The number of hydrogen-bond acceptors (Lipinski definition) is 3. The summed E-state index contributed by atoms with van der Waals surface area (Å²) in [5, 5.41) is 13.5. The quantitative estimate of drug-likeness (QED) is 0.801. The Morgan fingerprint density at radius 1 is 1.53 bits per heavy atom. The van der Waals surface area contributed by atoms with Gasteiger partial charge in [0.1, 0.15) is 24.6 Å². The summed E-state index contributed by atoms with van der Waals surface area (Å²) in [7, 11) is 0. The van der Waals surface area contributed by atoms with Gasteiger partial charge in [-0.25, -0.2) is 13.8 Å². The summed E-state index contributed by atoms with van der Waals surface area (Å²) in [5.41, 5.74) is -0.0856. The molecule has 1 heterocycles. The molecule has 92 valence electrons. The smallest absolute Gasteiger partial charge is 0.137 e. The first-order valence-electron chi connectivity index (χ1n) is 4.90. The lowest BCUT2D eigenvalue weighted by Crippen LogP contribution is -2.19. The molecule has 0 radical (unpaired) electrons. The van der Waals surface area contributed by atoms with Crippen LogP contribution in [0.4, 0.5) is 8.78 Å². The van der Waals surface area contributed by atoms with Crippen LogP contribution in [0, 0.1) is 0 Å². The van der Waals surface area contributed by atoms with E-state index in [1.165, 1.54) is 24.3 Å². The molecular formula is C11H13F2N3O. The minimum atomic E-state index is -1.16. The van der Waals surface area contributed by atoms with Crippen molar-refractivity contribution >= 4 is 0 Å². The van der Waals surface area contributed by atoms with Gasteiger partial charge in [0.15, 0.2) is 0 Å². The van der Waals surface area contributed by atoms with Crippen LogP contribution >= 0.6 is 0 Å². The van der Waals surface area contributed by atoms with Crippen LogP contribution in [-0.2, 0) is 6.54 Å². The van der Waals surface area contributed by atoms with Crippen LogP contribution in [0.3, 0.4) is 0 Å². The molecule has 0 saturated heterocycles. The lowest BCUT2D eigenvalue weighted by atomic mass is 10.1. The molecule has 0 aromatic carbocycles. The second-order valence-electron chi connectivity index (χ2n) is 3.41. The van der Waals surface area contributed by atoms with Crippen molar-refractivity contribution in [3.63, 3.8) is 0 Å². The van der Waals surface area contributed by atoms with Crippen molar-refractivity contribution < 1.29 is 13.9 Å². The van der Waals surface area contributed by atoms with E-state index in [2.05, 4.69) is 16.7 Å². The predicted octanol–water partition coefficient (Wildman–Crippen LogP) is 1.92. The fourth-order valence-electron chi connectivity index (χ4n) is 1.19. The SMILES string of the molecule is C=C(F)/C(=C\C=C(/C)F)C(O)Cn1cncn1. The van der Waals surface area contributed by atoms with E-state index in [-0.39, 0.29) is 12.1 Å². The summed E-state index contributed by atoms with van der Waals surface area (Å²) in [6.45, 7) is 4.33. The number of hydrogen-bond donors (Lipinski definition) is 1. The molecule has 0 aliphatic carbocycles. The van der Waals surface area contributed by atoms with Crippen molar-refractivity contribution in [2.45, 2.75) is 19.6 Å². The van der Waals surface area contributed by atoms with Gasteiger partial charge in [0.25, 0.3) is 0 Å².